The van der Waals surface area contributed by atoms with Crippen LogP contribution in [0, 0.1) is 5.41 Å². The van der Waals surface area contributed by atoms with Gasteiger partial charge >= 0.3 is 0 Å². The summed E-state index contributed by atoms with van der Waals surface area (Å²) in [7, 11) is 0. The minimum Gasteiger partial charge on any atom is -0.475 e. The normalized spacial score (nSPS) is 13.1. The van der Waals surface area contributed by atoms with E-state index in [4.69, 9.17) is 4.74 Å². The summed E-state index contributed by atoms with van der Waals surface area (Å²) in [4.78, 5) is 16.4. The van der Waals surface area contributed by atoms with Crippen molar-refractivity contribution in [1.29, 1.82) is 0 Å². The molecule has 0 fully saturated rings. The van der Waals surface area contributed by atoms with Crippen molar-refractivity contribution in [3.63, 3.8) is 0 Å². The Morgan fingerprint density at radius 1 is 1.38 bits per heavy atom. The molecule has 0 aromatic carbocycles. The van der Waals surface area contributed by atoms with Gasteiger partial charge in [-0.3, -0.25) is 4.79 Å². The van der Waals surface area contributed by atoms with Crippen molar-refractivity contribution in [1.82, 2.24) is 10.3 Å². The third kappa shape index (κ3) is 6.58. The maximum atomic E-state index is 12.2. The molecule has 21 heavy (non-hydrogen) atoms. The lowest BCUT2D eigenvalue weighted by atomic mass is 9.88. The number of aromatic nitrogens is 1. The van der Waals surface area contributed by atoms with Gasteiger partial charge in [0, 0.05) is 6.07 Å². The summed E-state index contributed by atoms with van der Waals surface area (Å²) in [5.74, 6) is 0.126. The van der Waals surface area contributed by atoms with Crippen LogP contribution < -0.4 is 10.1 Å². The van der Waals surface area contributed by atoms with E-state index >= 15 is 0 Å². The number of carbonyl (C=O) groups excluding carboxylic acids is 1. The monoisotopic (exact) mass is 294 g/mol. The minimum atomic E-state index is -0.299. The number of amides is 1. The Balaban J connectivity index is 2.74. The smallest absolute Gasteiger partial charge is 0.270 e. The highest BCUT2D eigenvalue weighted by Crippen LogP contribution is 2.20. The summed E-state index contributed by atoms with van der Waals surface area (Å²) in [6.45, 7) is 9.91. The van der Waals surface area contributed by atoms with Crippen molar-refractivity contribution in [3.05, 3.63) is 23.9 Å². The number of carbonyl (C=O) groups is 1. The van der Waals surface area contributed by atoms with Gasteiger partial charge < -0.3 is 15.2 Å². The Morgan fingerprint density at radius 3 is 2.57 bits per heavy atom. The van der Waals surface area contributed by atoms with Crippen LogP contribution in [0.1, 0.15) is 51.5 Å². The van der Waals surface area contributed by atoms with Gasteiger partial charge in [-0.05, 0) is 31.7 Å². The van der Waals surface area contributed by atoms with E-state index in [1.165, 1.54) is 0 Å². The number of rotatable bonds is 6. The highest BCUT2D eigenvalue weighted by molar-refractivity contribution is 5.92. The number of aliphatic hydroxyl groups is 1. The first kappa shape index (κ1) is 17.4. The summed E-state index contributed by atoms with van der Waals surface area (Å²) in [6.07, 6.45) is 0.694. The second-order valence-electron chi connectivity index (χ2n) is 6.65. The quantitative estimate of drug-likeness (QED) is 0.845. The molecule has 0 aliphatic rings. The average molecular weight is 294 g/mol. The van der Waals surface area contributed by atoms with E-state index in [0.29, 0.717) is 18.0 Å². The first-order valence-electron chi connectivity index (χ1n) is 7.26. The largest absolute Gasteiger partial charge is 0.475 e. The van der Waals surface area contributed by atoms with Crippen LogP contribution in [0.3, 0.4) is 0 Å². The molecule has 1 unspecified atom stereocenters. The zero-order chi connectivity index (χ0) is 16.0. The van der Waals surface area contributed by atoms with E-state index in [1.54, 1.807) is 18.2 Å². The van der Waals surface area contributed by atoms with Gasteiger partial charge in [-0.25, -0.2) is 4.98 Å². The van der Waals surface area contributed by atoms with E-state index in [1.807, 2.05) is 13.8 Å². The number of hydrogen-bond acceptors (Lipinski definition) is 4. The molecule has 1 rings (SSSR count). The van der Waals surface area contributed by atoms with E-state index < -0.39 is 0 Å². The number of nitrogens with one attached hydrogen (secondary N) is 1. The zero-order valence-corrected chi connectivity index (χ0v) is 13.5. The fourth-order valence-corrected chi connectivity index (χ4v) is 2.01. The molecule has 1 heterocycles. The zero-order valence-electron chi connectivity index (χ0n) is 13.5. The van der Waals surface area contributed by atoms with Crippen LogP contribution in [0.4, 0.5) is 0 Å². The van der Waals surface area contributed by atoms with Crippen LogP contribution in [-0.4, -0.2) is 34.8 Å². The maximum Gasteiger partial charge on any atom is 0.270 e. The number of hydrogen-bond donors (Lipinski definition) is 2. The summed E-state index contributed by atoms with van der Waals surface area (Å²) in [5, 5.41) is 12.2. The van der Waals surface area contributed by atoms with Crippen LogP contribution in [0.5, 0.6) is 5.88 Å². The van der Waals surface area contributed by atoms with E-state index in [-0.39, 0.29) is 30.1 Å². The molecule has 0 aliphatic heterocycles. The molecule has 0 bridgehead atoms. The molecule has 118 valence electrons. The topological polar surface area (TPSA) is 71.5 Å². The van der Waals surface area contributed by atoms with Crippen LogP contribution in [0.2, 0.25) is 0 Å². The average Bonchev–Trinajstić information content (AvgIpc) is 2.35. The molecular formula is C16H26N2O3. The van der Waals surface area contributed by atoms with Crippen LogP contribution in [0.15, 0.2) is 18.2 Å². The van der Waals surface area contributed by atoms with Crippen molar-refractivity contribution in [3.8, 4) is 5.88 Å². The summed E-state index contributed by atoms with van der Waals surface area (Å²) in [5.41, 5.74) is 0.317. The van der Waals surface area contributed by atoms with Gasteiger partial charge in [0.1, 0.15) is 5.69 Å². The lowest BCUT2D eigenvalue weighted by Crippen LogP contribution is -2.40. The van der Waals surface area contributed by atoms with Gasteiger partial charge in [0.2, 0.25) is 5.88 Å². The maximum absolute atomic E-state index is 12.2. The van der Waals surface area contributed by atoms with Gasteiger partial charge in [0.25, 0.3) is 5.91 Å². The number of aliphatic hydroxyl groups excluding tert-OH is 1. The molecule has 1 aromatic heterocycles. The summed E-state index contributed by atoms with van der Waals surface area (Å²) >= 11 is 0. The molecule has 2 N–H and O–H groups in total. The Kier molecular flexibility index (Phi) is 6.15. The number of ether oxygens (including phenoxy) is 1. The third-order valence-electron chi connectivity index (χ3n) is 2.73. The summed E-state index contributed by atoms with van der Waals surface area (Å²) < 4.78 is 5.48. The van der Waals surface area contributed by atoms with Crippen molar-refractivity contribution >= 4 is 5.91 Å². The summed E-state index contributed by atoms with van der Waals surface area (Å²) in [6, 6.07) is 4.80. The van der Waals surface area contributed by atoms with E-state index in [9.17, 15) is 9.90 Å². The lowest BCUT2D eigenvalue weighted by molar-refractivity contribution is 0.0891. The highest BCUT2D eigenvalue weighted by atomic mass is 16.5. The molecule has 1 aromatic rings. The number of nitrogens with zero attached hydrogens (tertiary/aromatic N) is 1. The molecular weight excluding hydrogens is 268 g/mol. The minimum absolute atomic E-state index is 0.00175. The Labute approximate surface area is 126 Å². The fourth-order valence-electron chi connectivity index (χ4n) is 2.01. The van der Waals surface area contributed by atoms with E-state index in [2.05, 4.69) is 31.1 Å². The first-order valence-corrected chi connectivity index (χ1v) is 7.26. The predicted molar refractivity (Wildman–Crippen MR) is 82.4 cm³/mol. The Morgan fingerprint density at radius 2 is 2.05 bits per heavy atom. The molecule has 5 heteroatoms. The second kappa shape index (κ2) is 7.41. The fraction of sp³-hybridized carbons (Fsp3) is 0.625. The van der Waals surface area contributed by atoms with Crippen molar-refractivity contribution in [2.75, 3.05) is 6.61 Å². The molecule has 0 spiro atoms. The predicted octanol–water partition coefficient (Wildman–Crippen LogP) is 2.40. The van der Waals surface area contributed by atoms with Crippen LogP contribution >= 0.6 is 0 Å². The van der Waals surface area contributed by atoms with Crippen LogP contribution in [-0.2, 0) is 0 Å². The molecule has 0 saturated heterocycles. The van der Waals surface area contributed by atoms with Gasteiger partial charge in [0.05, 0.1) is 18.8 Å². The van der Waals surface area contributed by atoms with Gasteiger partial charge in [-0.15, -0.1) is 0 Å². The molecule has 1 amide bonds. The standard InChI is InChI=1S/C16H26N2O3/c1-11(2)21-14-8-6-7-13(18-14)15(20)17-12(10-19)9-16(3,4)5/h6-8,11-12,19H,9-10H2,1-5H3,(H,17,20). The Bertz CT molecular complexity index is 467. The second-order valence-corrected chi connectivity index (χ2v) is 6.65. The van der Waals surface area contributed by atoms with Crippen LogP contribution in [0.25, 0.3) is 0 Å². The van der Waals surface area contributed by atoms with Gasteiger partial charge in [0.15, 0.2) is 0 Å². The molecule has 0 radical (unpaired) electrons. The molecule has 1 atom stereocenters. The van der Waals surface area contributed by atoms with Gasteiger partial charge in [-0.1, -0.05) is 26.8 Å². The van der Waals surface area contributed by atoms with Crippen molar-refractivity contribution in [2.24, 2.45) is 5.41 Å². The SMILES string of the molecule is CC(C)Oc1cccc(C(=O)NC(CO)CC(C)(C)C)n1. The number of pyridine rings is 1. The lowest BCUT2D eigenvalue weighted by Gasteiger charge is -2.25. The molecule has 0 saturated carbocycles. The molecule has 5 nitrogen and oxygen atoms in total. The Hall–Kier alpha value is -1.62. The van der Waals surface area contributed by atoms with Crippen molar-refractivity contribution in [2.45, 2.75) is 53.2 Å². The van der Waals surface area contributed by atoms with E-state index in [0.717, 1.165) is 0 Å². The van der Waals surface area contributed by atoms with Crippen molar-refractivity contribution < 1.29 is 14.6 Å². The first-order chi connectivity index (χ1) is 9.71. The molecule has 0 aliphatic carbocycles. The van der Waals surface area contributed by atoms with Gasteiger partial charge in [-0.2, -0.15) is 0 Å². The third-order valence-corrected chi connectivity index (χ3v) is 2.73. The highest BCUT2D eigenvalue weighted by Gasteiger charge is 2.21.